The zero-order valence-corrected chi connectivity index (χ0v) is 12.6. The fourth-order valence-corrected chi connectivity index (χ4v) is 2.81. The lowest BCUT2D eigenvalue weighted by atomic mass is 10.00. The summed E-state index contributed by atoms with van der Waals surface area (Å²) in [5.41, 5.74) is 1.27. The van der Waals surface area contributed by atoms with E-state index >= 15 is 0 Å². The Hall–Kier alpha value is -3.28. The zero-order valence-electron chi connectivity index (χ0n) is 12.6. The van der Waals surface area contributed by atoms with Crippen molar-refractivity contribution in [3.05, 3.63) is 78.1 Å². The number of rotatable bonds is 3. The van der Waals surface area contributed by atoms with Crippen molar-refractivity contribution < 1.29 is 18.7 Å². The third-order valence-electron chi connectivity index (χ3n) is 3.95. The quantitative estimate of drug-likeness (QED) is 0.799. The minimum absolute atomic E-state index is 0.121. The highest BCUT2D eigenvalue weighted by Crippen LogP contribution is 2.37. The van der Waals surface area contributed by atoms with Crippen molar-refractivity contribution in [3.8, 4) is 5.75 Å². The van der Waals surface area contributed by atoms with E-state index in [2.05, 4.69) is 5.10 Å². The summed E-state index contributed by atoms with van der Waals surface area (Å²) in [7, 11) is 0. The second-order valence-electron chi connectivity index (χ2n) is 5.43. The Kier molecular flexibility index (Phi) is 3.42. The minimum Gasteiger partial charge on any atom is -0.508 e. The number of phenolic OH excluding ortho intramolecular Hbond substituents is 1. The SMILES string of the molecule is O=C(c1ccco1)N1N=C(c2ccco2)CC1c1ccccc1O. The highest BCUT2D eigenvalue weighted by molar-refractivity contribution is 6.02. The highest BCUT2D eigenvalue weighted by Gasteiger charge is 2.36. The largest absolute Gasteiger partial charge is 0.508 e. The van der Waals surface area contributed by atoms with Crippen LogP contribution < -0.4 is 0 Å². The zero-order chi connectivity index (χ0) is 16.5. The lowest BCUT2D eigenvalue weighted by molar-refractivity contribution is 0.0677. The number of benzene rings is 1. The van der Waals surface area contributed by atoms with Crippen molar-refractivity contribution in [3.63, 3.8) is 0 Å². The second kappa shape index (κ2) is 5.73. The predicted octanol–water partition coefficient (Wildman–Crippen LogP) is 3.57. The molecule has 4 rings (SSSR count). The van der Waals surface area contributed by atoms with Crippen LogP contribution in [-0.4, -0.2) is 21.7 Å². The summed E-state index contributed by atoms with van der Waals surface area (Å²) in [6.07, 6.45) is 3.44. The number of hydrogen-bond acceptors (Lipinski definition) is 5. The molecule has 0 spiro atoms. The summed E-state index contributed by atoms with van der Waals surface area (Å²) in [5, 5.41) is 15.9. The summed E-state index contributed by atoms with van der Waals surface area (Å²) in [4.78, 5) is 12.7. The Bertz CT molecular complexity index is 882. The standard InChI is InChI=1S/C18H14N2O4/c21-15-6-2-1-5-12(15)14-11-13(16-7-3-9-23-16)19-20(14)18(22)17-8-4-10-24-17/h1-10,14,21H,11H2. The van der Waals surface area contributed by atoms with Gasteiger partial charge in [0.2, 0.25) is 0 Å². The number of hydrazone groups is 1. The number of carbonyl (C=O) groups excluding carboxylic acids is 1. The minimum atomic E-state index is -0.427. The Morgan fingerprint density at radius 1 is 1.08 bits per heavy atom. The Balaban J connectivity index is 1.75. The van der Waals surface area contributed by atoms with Crippen molar-refractivity contribution in [2.75, 3.05) is 0 Å². The molecule has 0 fully saturated rings. The number of aromatic hydroxyl groups is 1. The molecule has 6 heteroatoms. The van der Waals surface area contributed by atoms with E-state index in [4.69, 9.17) is 8.83 Å². The van der Waals surface area contributed by atoms with E-state index in [0.717, 1.165) is 0 Å². The van der Waals surface area contributed by atoms with Gasteiger partial charge in [0.25, 0.3) is 0 Å². The van der Waals surface area contributed by atoms with Gasteiger partial charge in [-0.2, -0.15) is 5.10 Å². The van der Waals surface area contributed by atoms with E-state index in [-0.39, 0.29) is 17.4 Å². The van der Waals surface area contributed by atoms with Crippen molar-refractivity contribution >= 4 is 11.6 Å². The summed E-state index contributed by atoms with van der Waals surface area (Å²) < 4.78 is 10.6. The topological polar surface area (TPSA) is 79.2 Å². The van der Waals surface area contributed by atoms with Crippen LogP contribution in [0.15, 0.2) is 75.0 Å². The predicted molar refractivity (Wildman–Crippen MR) is 85.6 cm³/mol. The first-order chi connectivity index (χ1) is 11.7. The first-order valence-electron chi connectivity index (χ1n) is 7.50. The molecule has 0 saturated carbocycles. The number of nitrogens with zero attached hydrogens (tertiary/aromatic N) is 2. The van der Waals surface area contributed by atoms with Crippen LogP contribution in [0.4, 0.5) is 0 Å². The Morgan fingerprint density at radius 2 is 1.88 bits per heavy atom. The van der Waals surface area contributed by atoms with Crippen LogP contribution in [0.5, 0.6) is 5.75 Å². The number of furan rings is 2. The maximum Gasteiger partial charge on any atom is 0.310 e. The van der Waals surface area contributed by atoms with Gasteiger partial charge >= 0.3 is 5.91 Å². The van der Waals surface area contributed by atoms with Crippen molar-refractivity contribution in [2.24, 2.45) is 5.10 Å². The van der Waals surface area contributed by atoms with Gasteiger partial charge in [0.15, 0.2) is 5.76 Å². The molecule has 1 N–H and O–H groups in total. The van der Waals surface area contributed by atoms with Crippen LogP contribution in [0.3, 0.4) is 0 Å². The number of para-hydroxylation sites is 1. The van der Waals surface area contributed by atoms with Crippen LogP contribution in [0.1, 0.15) is 34.3 Å². The molecule has 24 heavy (non-hydrogen) atoms. The molecule has 2 aromatic heterocycles. The van der Waals surface area contributed by atoms with E-state index < -0.39 is 6.04 Å². The lowest BCUT2D eigenvalue weighted by Gasteiger charge is -2.21. The number of carbonyl (C=O) groups is 1. The summed E-state index contributed by atoms with van der Waals surface area (Å²) >= 11 is 0. The van der Waals surface area contributed by atoms with Gasteiger partial charge in [-0.3, -0.25) is 4.79 Å². The fourth-order valence-electron chi connectivity index (χ4n) is 2.81. The molecular formula is C18H14N2O4. The molecule has 1 aliphatic rings. The average Bonchev–Trinajstić information content (AvgIpc) is 3.34. The van der Waals surface area contributed by atoms with Crippen LogP contribution in [-0.2, 0) is 0 Å². The molecule has 3 aromatic rings. The second-order valence-corrected chi connectivity index (χ2v) is 5.43. The van der Waals surface area contributed by atoms with Crippen LogP contribution in [0, 0.1) is 0 Å². The number of phenols is 1. The molecule has 1 amide bonds. The fraction of sp³-hybridized carbons (Fsp3) is 0.111. The third-order valence-corrected chi connectivity index (χ3v) is 3.95. The molecule has 0 bridgehead atoms. The van der Waals surface area contributed by atoms with Gasteiger partial charge in [-0.05, 0) is 30.3 Å². The van der Waals surface area contributed by atoms with Gasteiger partial charge in [0.05, 0.1) is 18.6 Å². The van der Waals surface area contributed by atoms with Crippen molar-refractivity contribution in [1.82, 2.24) is 5.01 Å². The van der Waals surface area contributed by atoms with Gasteiger partial charge in [-0.1, -0.05) is 18.2 Å². The summed E-state index contributed by atoms with van der Waals surface area (Å²) in [6, 6.07) is 13.3. The molecule has 6 nitrogen and oxygen atoms in total. The summed E-state index contributed by atoms with van der Waals surface area (Å²) in [5.74, 6) is 0.551. The maximum absolute atomic E-state index is 12.7. The van der Waals surface area contributed by atoms with E-state index in [1.165, 1.54) is 11.3 Å². The van der Waals surface area contributed by atoms with Crippen LogP contribution in [0.2, 0.25) is 0 Å². The molecular weight excluding hydrogens is 308 g/mol. The normalized spacial score (nSPS) is 17.1. The molecule has 1 aromatic carbocycles. The van der Waals surface area contributed by atoms with Crippen LogP contribution in [0.25, 0.3) is 0 Å². The van der Waals surface area contributed by atoms with Gasteiger partial charge in [-0.25, -0.2) is 5.01 Å². The molecule has 3 heterocycles. The van der Waals surface area contributed by atoms with Crippen LogP contribution >= 0.6 is 0 Å². The number of amides is 1. The van der Waals surface area contributed by atoms with Gasteiger partial charge < -0.3 is 13.9 Å². The maximum atomic E-state index is 12.7. The molecule has 120 valence electrons. The van der Waals surface area contributed by atoms with Crippen molar-refractivity contribution in [2.45, 2.75) is 12.5 Å². The first kappa shape index (κ1) is 14.3. The summed E-state index contributed by atoms with van der Waals surface area (Å²) in [6.45, 7) is 0. The molecule has 1 atom stereocenters. The smallest absolute Gasteiger partial charge is 0.310 e. The Labute approximate surface area is 137 Å². The van der Waals surface area contributed by atoms with E-state index in [9.17, 15) is 9.90 Å². The monoisotopic (exact) mass is 322 g/mol. The van der Waals surface area contributed by atoms with Crippen molar-refractivity contribution in [1.29, 1.82) is 0 Å². The van der Waals surface area contributed by atoms with E-state index in [1.54, 1.807) is 48.7 Å². The molecule has 0 saturated heterocycles. The molecule has 0 aliphatic carbocycles. The number of hydrogen-bond donors (Lipinski definition) is 1. The average molecular weight is 322 g/mol. The third kappa shape index (κ3) is 2.38. The van der Waals surface area contributed by atoms with E-state index in [0.29, 0.717) is 23.5 Å². The lowest BCUT2D eigenvalue weighted by Crippen LogP contribution is -2.26. The molecule has 0 radical (unpaired) electrons. The van der Waals surface area contributed by atoms with Gasteiger partial charge in [-0.15, -0.1) is 0 Å². The molecule has 1 unspecified atom stereocenters. The Morgan fingerprint density at radius 3 is 2.58 bits per heavy atom. The van der Waals surface area contributed by atoms with E-state index in [1.807, 2.05) is 6.07 Å². The van der Waals surface area contributed by atoms with Gasteiger partial charge in [0, 0.05) is 12.0 Å². The highest BCUT2D eigenvalue weighted by atomic mass is 16.3. The van der Waals surface area contributed by atoms with Gasteiger partial charge in [0.1, 0.15) is 17.2 Å². The first-order valence-corrected chi connectivity index (χ1v) is 7.50. The molecule has 1 aliphatic heterocycles.